The number of hydrogen-bond donors (Lipinski definition) is 1. The molecule has 1 N–H and O–H groups in total. The molecule has 0 unspecified atom stereocenters. The number of nitro groups is 1. The summed E-state index contributed by atoms with van der Waals surface area (Å²) in [7, 11) is 0. The second-order valence-corrected chi connectivity index (χ2v) is 6.64. The molecule has 9 heteroatoms. The van der Waals surface area contributed by atoms with Gasteiger partial charge in [-0.15, -0.1) is 0 Å². The second-order valence-electron chi connectivity index (χ2n) is 5.17. The van der Waals surface area contributed by atoms with E-state index in [0.717, 1.165) is 16.9 Å². The van der Waals surface area contributed by atoms with Crippen LogP contribution in [-0.4, -0.2) is 22.4 Å². The number of nitrogens with one attached hydrogen (secondary N) is 1. The van der Waals surface area contributed by atoms with Crippen LogP contribution >= 0.6 is 22.9 Å². The number of aromatic nitrogens is 1. The first-order chi connectivity index (χ1) is 11.9. The third-order valence-corrected chi connectivity index (χ3v) is 4.49. The van der Waals surface area contributed by atoms with Crippen LogP contribution in [-0.2, 0) is 4.79 Å². The third kappa shape index (κ3) is 4.04. The zero-order valence-corrected chi connectivity index (χ0v) is 14.6. The highest BCUT2D eigenvalue weighted by Crippen LogP contribution is 2.29. The summed E-state index contributed by atoms with van der Waals surface area (Å²) in [6.45, 7) is 1.65. The molecule has 1 heterocycles. The fourth-order valence-electron chi connectivity index (χ4n) is 2.15. The van der Waals surface area contributed by atoms with Gasteiger partial charge >= 0.3 is 0 Å². The van der Waals surface area contributed by atoms with Crippen LogP contribution in [0.15, 0.2) is 36.4 Å². The molecule has 3 rings (SSSR count). The van der Waals surface area contributed by atoms with Crippen LogP contribution in [0.3, 0.4) is 0 Å². The van der Waals surface area contributed by atoms with Crippen molar-refractivity contribution in [3.63, 3.8) is 0 Å². The number of rotatable bonds is 5. The number of ether oxygens (including phenoxy) is 1. The monoisotopic (exact) mass is 377 g/mol. The van der Waals surface area contributed by atoms with E-state index in [-0.39, 0.29) is 18.2 Å². The maximum atomic E-state index is 12.0. The smallest absolute Gasteiger partial charge is 0.270 e. The fourth-order valence-corrected chi connectivity index (χ4v) is 3.30. The first-order valence-electron chi connectivity index (χ1n) is 7.16. The molecule has 3 aromatic rings. The van der Waals surface area contributed by atoms with Gasteiger partial charge in [-0.1, -0.05) is 22.9 Å². The van der Waals surface area contributed by atoms with E-state index in [4.69, 9.17) is 16.3 Å². The first kappa shape index (κ1) is 17.1. The molecule has 7 nitrogen and oxygen atoms in total. The zero-order chi connectivity index (χ0) is 18.0. The highest BCUT2D eigenvalue weighted by atomic mass is 35.5. The molecule has 0 saturated carbocycles. The number of hydrogen-bond acceptors (Lipinski definition) is 6. The van der Waals surface area contributed by atoms with Crippen LogP contribution in [0.2, 0.25) is 5.02 Å². The summed E-state index contributed by atoms with van der Waals surface area (Å²) in [5, 5.41) is 14.4. The van der Waals surface area contributed by atoms with Crippen LogP contribution < -0.4 is 10.1 Å². The Hall–Kier alpha value is -2.71. The van der Waals surface area contributed by atoms with Gasteiger partial charge in [-0.3, -0.25) is 20.2 Å². The average molecular weight is 378 g/mol. The average Bonchev–Trinajstić information content (AvgIpc) is 2.95. The van der Waals surface area contributed by atoms with Crippen LogP contribution in [0, 0.1) is 17.0 Å². The van der Waals surface area contributed by atoms with Gasteiger partial charge in [0.05, 0.1) is 15.1 Å². The largest absolute Gasteiger partial charge is 0.483 e. The van der Waals surface area contributed by atoms with Crippen molar-refractivity contribution < 1.29 is 14.5 Å². The van der Waals surface area contributed by atoms with Crippen LogP contribution in [0.25, 0.3) is 10.2 Å². The van der Waals surface area contributed by atoms with E-state index in [1.165, 1.54) is 12.1 Å². The molecule has 0 aliphatic heterocycles. The van der Waals surface area contributed by atoms with Crippen molar-refractivity contribution in [2.45, 2.75) is 6.92 Å². The molecule has 0 aliphatic carbocycles. The van der Waals surface area contributed by atoms with Crippen LogP contribution in [0.5, 0.6) is 5.75 Å². The summed E-state index contributed by atoms with van der Waals surface area (Å²) >= 11 is 7.04. The van der Waals surface area contributed by atoms with Crippen molar-refractivity contribution in [2.24, 2.45) is 0 Å². The van der Waals surface area contributed by atoms with Crippen molar-refractivity contribution in [1.82, 2.24) is 4.98 Å². The number of amides is 1. The standard InChI is InChI=1S/C16H12ClN3O4S/c1-9-6-10(17)2-5-13(9)24-8-15(21)19-16-18-12-4-3-11(20(22)23)7-14(12)25-16/h2-7H,8H2,1H3,(H,18,19,21). The summed E-state index contributed by atoms with van der Waals surface area (Å²) in [6, 6.07) is 9.47. The number of fused-ring (bicyclic) bond motifs is 1. The first-order valence-corrected chi connectivity index (χ1v) is 8.35. The van der Waals surface area contributed by atoms with Gasteiger partial charge < -0.3 is 4.74 Å². The number of benzene rings is 2. The lowest BCUT2D eigenvalue weighted by Crippen LogP contribution is -2.20. The molecule has 25 heavy (non-hydrogen) atoms. The summed E-state index contributed by atoms with van der Waals surface area (Å²) in [5.74, 6) is 0.197. The molecular weight excluding hydrogens is 366 g/mol. The highest BCUT2D eigenvalue weighted by Gasteiger charge is 2.12. The number of anilines is 1. The van der Waals surface area contributed by atoms with E-state index in [2.05, 4.69) is 10.3 Å². The van der Waals surface area contributed by atoms with Crippen molar-refractivity contribution in [1.29, 1.82) is 0 Å². The Morgan fingerprint density at radius 3 is 2.88 bits per heavy atom. The maximum absolute atomic E-state index is 12.0. The molecule has 0 atom stereocenters. The molecule has 0 aliphatic rings. The molecule has 2 aromatic carbocycles. The van der Waals surface area contributed by atoms with Gasteiger partial charge in [0.1, 0.15) is 5.75 Å². The number of non-ortho nitro benzene ring substituents is 1. The minimum atomic E-state index is -0.473. The second kappa shape index (κ2) is 7.04. The molecule has 1 amide bonds. The Morgan fingerprint density at radius 1 is 1.36 bits per heavy atom. The summed E-state index contributed by atoms with van der Waals surface area (Å²) in [4.78, 5) is 26.6. The molecule has 0 radical (unpaired) electrons. The summed E-state index contributed by atoms with van der Waals surface area (Å²) in [6.07, 6.45) is 0. The molecule has 0 bridgehead atoms. The van der Waals surface area contributed by atoms with Gasteiger partial charge in [-0.2, -0.15) is 0 Å². The Kier molecular flexibility index (Phi) is 4.82. The van der Waals surface area contributed by atoms with Crippen molar-refractivity contribution >= 4 is 49.9 Å². The highest BCUT2D eigenvalue weighted by molar-refractivity contribution is 7.22. The van der Waals surface area contributed by atoms with Crippen molar-refractivity contribution in [3.8, 4) is 5.75 Å². The minimum absolute atomic E-state index is 0.0180. The van der Waals surface area contributed by atoms with Crippen LogP contribution in [0.4, 0.5) is 10.8 Å². The van der Waals surface area contributed by atoms with Gasteiger partial charge in [0, 0.05) is 17.2 Å². The Labute approximate surface area is 151 Å². The maximum Gasteiger partial charge on any atom is 0.270 e. The molecule has 0 spiro atoms. The predicted molar refractivity (Wildman–Crippen MR) is 96.6 cm³/mol. The third-order valence-electron chi connectivity index (χ3n) is 3.32. The van der Waals surface area contributed by atoms with Gasteiger partial charge in [-0.25, -0.2) is 4.98 Å². The van der Waals surface area contributed by atoms with E-state index < -0.39 is 4.92 Å². The van der Waals surface area contributed by atoms with Gasteiger partial charge in [0.25, 0.3) is 11.6 Å². The van der Waals surface area contributed by atoms with Crippen molar-refractivity contribution in [2.75, 3.05) is 11.9 Å². The Balaban J connectivity index is 1.66. The predicted octanol–water partition coefficient (Wildman–Crippen LogP) is 4.18. The lowest BCUT2D eigenvalue weighted by atomic mass is 10.2. The number of aryl methyl sites for hydroxylation is 1. The SMILES string of the molecule is Cc1cc(Cl)ccc1OCC(=O)Nc1nc2ccc([N+](=O)[O-])cc2s1. The summed E-state index contributed by atoms with van der Waals surface area (Å²) in [5.41, 5.74) is 1.39. The topological polar surface area (TPSA) is 94.4 Å². The van der Waals surface area contributed by atoms with Gasteiger partial charge in [0.2, 0.25) is 0 Å². The Bertz CT molecular complexity index is 973. The fraction of sp³-hybridized carbons (Fsp3) is 0.125. The van der Waals surface area contributed by atoms with Gasteiger partial charge in [0.15, 0.2) is 11.7 Å². The van der Waals surface area contributed by atoms with E-state index in [9.17, 15) is 14.9 Å². The molecule has 1 aromatic heterocycles. The normalized spacial score (nSPS) is 10.6. The number of halogens is 1. The quantitative estimate of drug-likeness (QED) is 0.531. The van der Waals surface area contributed by atoms with Crippen LogP contribution in [0.1, 0.15) is 5.56 Å². The number of carbonyl (C=O) groups excluding carboxylic acids is 1. The number of carbonyl (C=O) groups is 1. The van der Waals surface area contributed by atoms with Crippen molar-refractivity contribution in [3.05, 3.63) is 57.1 Å². The van der Waals surface area contributed by atoms with E-state index in [1.54, 1.807) is 24.3 Å². The number of nitrogens with zero attached hydrogens (tertiary/aromatic N) is 2. The van der Waals surface area contributed by atoms with E-state index in [0.29, 0.717) is 26.1 Å². The summed E-state index contributed by atoms with van der Waals surface area (Å²) < 4.78 is 6.09. The molecule has 128 valence electrons. The number of thiazole rings is 1. The molecule has 0 saturated heterocycles. The lowest BCUT2D eigenvalue weighted by Gasteiger charge is -2.08. The minimum Gasteiger partial charge on any atom is -0.483 e. The number of nitro benzene ring substituents is 1. The molecule has 0 fully saturated rings. The zero-order valence-electron chi connectivity index (χ0n) is 13.0. The van der Waals surface area contributed by atoms with E-state index in [1.807, 2.05) is 6.92 Å². The lowest BCUT2D eigenvalue weighted by molar-refractivity contribution is -0.384. The van der Waals surface area contributed by atoms with E-state index >= 15 is 0 Å². The van der Waals surface area contributed by atoms with Gasteiger partial charge in [-0.05, 0) is 36.8 Å². The molecular formula is C16H12ClN3O4S. The Morgan fingerprint density at radius 2 is 2.16 bits per heavy atom.